The van der Waals surface area contributed by atoms with Crippen molar-refractivity contribution in [3.8, 4) is 0 Å². The number of aliphatic imine (C=N–C) groups is 1. The average Bonchev–Trinajstić information content (AvgIpc) is 2.47. The molecule has 1 fully saturated rings. The fraction of sp³-hybridized carbons (Fsp3) is 0.889. The van der Waals surface area contributed by atoms with Crippen LogP contribution < -0.4 is 5.32 Å². The fourth-order valence-electron chi connectivity index (χ4n) is 1.38. The lowest BCUT2D eigenvalue weighted by molar-refractivity contribution is 0.159. The Morgan fingerprint density at radius 1 is 1.57 bits per heavy atom. The lowest BCUT2D eigenvalue weighted by atomic mass is 10.1. The Balaban J connectivity index is 2.29. The van der Waals surface area contributed by atoms with Crippen LogP contribution in [-0.4, -0.2) is 29.9 Å². The number of thioether (sulfide) groups is 1. The zero-order chi connectivity index (χ0) is 10.6. The largest absolute Gasteiger partial charge is 0.361 e. The van der Waals surface area contributed by atoms with E-state index in [0.29, 0.717) is 17.1 Å². The third kappa shape index (κ3) is 4.26. The van der Waals surface area contributed by atoms with Crippen molar-refractivity contribution in [1.82, 2.24) is 5.32 Å². The van der Waals surface area contributed by atoms with Crippen LogP contribution in [0.1, 0.15) is 20.3 Å². The van der Waals surface area contributed by atoms with E-state index < -0.39 is 6.43 Å². The predicted molar refractivity (Wildman–Crippen MR) is 57.1 cm³/mol. The molecule has 0 saturated carbocycles. The number of hydrogen-bond donors (Lipinski definition) is 1. The van der Waals surface area contributed by atoms with Crippen LogP contribution >= 0.6 is 11.8 Å². The monoisotopic (exact) mass is 222 g/mol. The Morgan fingerprint density at radius 3 is 2.86 bits per heavy atom. The average molecular weight is 222 g/mol. The first kappa shape index (κ1) is 11.8. The summed E-state index contributed by atoms with van der Waals surface area (Å²) in [5, 5.41) is 3.83. The zero-order valence-corrected chi connectivity index (χ0v) is 9.28. The minimum atomic E-state index is -2.34. The molecule has 0 aromatic carbocycles. The maximum atomic E-state index is 11.9. The van der Waals surface area contributed by atoms with Crippen LogP contribution in [0.4, 0.5) is 8.78 Å². The van der Waals surface area contributed by atoms with E-state index in [9.17, 15) is 8.78 Å². The van der Waals surface area contributed by atoms with Crippen LogP contribution in [-0.2, 0) is 0 Å². The molecule has 82 valence electrons. The van der Waals surface area contributed by atoms with E-state index in [0.717, 1.165) is 12.2 Å². The van der Waals surface area contributed by atoms with Crippen molar-refractivity contribution in [1.29, 1.82) is 0 Å². The normalized spacial score (nSPS) is 25.0. The maximum absolute atomic E-state index is 11.9. The van der Waals surface area contributed by atoms with Crippen molar-refractivity contribution in [2.45, 2.75) is 32.7 Å². The first-order valence-corrected chi connectivity index (χ1v) is 5.78. The van der Waals surface area contributed by atoms with E-state index in [4.69, 9.17) is 0 Å². The van der Waals surface area contributed by atoms with Crippen LogP contribution in [0.25, 0.3) is 0 Å². The topological polar surface area (TPSA) is 24.4 Å². The van der Waals surface area contributed by atoms with E-state index in [-0.39, 0.29) is 6.54 Å². The molecule has 2 nitrogen and oxygen atoms in total. The molecular formula is C9H16F2N2S. The molecular weight excluding hydrogens is 206 g/mol. The van der Waals surface area contributed by atoms with Crippen LogP contribution in [0.3, 0.4) is 0 Å². The van der Waals surface area contributed by atoms with Crippen molar-refractivity contribution in [2.75, 3.05) is 12.3 Å². The van der Waals surface area contributed by atoms with Gasteiger partial charge in [-0.2, -0.15) is 0 Å². The highest BCUT2D eigenvalue weighted by atomic mass is 32.2. The summed E-state index contributed by atoms with van der Waals surface area (Å²) in [7, 11) is 0. The van der Waals surface area contributed by atoms with E-state index >= 15 is 0 Å². The number of alkyl halides is 2. The molecule has 1 aliphatic rings. The summed E-state index contributed by atoms with van der Waals surface area (Å²) in [6.07, 6.45) is -1.27. The minimum Gasteiger partial charge on any atom is -0.361 e. The van der Waals surface area contributed by atoms with Gasteiger partial charge in [0.2, 0.25) is 0 Å². The molecule has 0 aromatic heterocycles. The van der Waals surface area contributed by atoms with Crippen LogP contribution in [0.5, 0.6) is 0 Å². The van der Waals surface area contributed by atoms with Crippen LogP contribution in [0, 0.1) is 5.92 Å². The molecule has 1 rings (SSSR count). The number of halogens is 2. The van der Waals surface area contributed by atoms with Crippen molar-refractivity contribution in [3.63, 3.8) is 0 Å². The first-order valence-electron chi connectivity index (χ1n) is 4.80. The first-order chi connectivity index (χ1) is 6.58. The molecule has 1 unspecified atom stereocenters. The maximum Gasteiger partial charge on any atom is 0.257 e. The number of nitrogens with one attached hydrogen (secondary N) is 1. The number of hydrogen-bond acceptors (Lipinski definition) is 2. The predicted octanol–water partition coefficient (Wildman–Crippen LogP) is 2.36. The molecule has 1 heterocycles. The summed E-state index contributed by atoms with van der Waals surface area (Å²) in [5.41, 5.74) is 0. The van der Waals surface area contributed by atoms with Gasteiger partial charge in [0.15, 0.2) is 5.17 Å². The molecule has 14 heavy (non-hydrogen) atoms. The number of nitrogens with zero attached hydrogens (tertiary/aromatic N) is 1. The molecule has 0 spiro atoms. The van der Waals surface area contributed by atoms with Gasteiger partial charge in [-0.15, -0.1) is 0 Å². The third-order valence-corrected chi connectivity index (χ3v) is 2.97. The smallest absolute Gasteiger partial charge is 0.257 e. The second kappa shape index (κ2) is 5.53. The Morgan fingerprint density at radius 2 is 2.29 bits per heavy atom. The van der Waals surface area contributed by atoms with E-state index in [2.05, 4.69) is 24.2 Å². The molecule has 1 N–H and O–H groups in total. The second-order valence-electron chi connectivity index (χ2n) is 3.82. The molecule has 0 bridgehead atoms. The number of amidine groups is 1. The molecule has 1 aliphatic heterocycles. The summed E-state index contributed by atoms with van der Waals surface area (Å²) in [5.74, 6) is 1.57. The van der Waals surface area contributed by atoms with E-state index in [1.165, 1.54) is 11.8 Å². The number of rotatable bonds is 4. The Bertz CT molecular complexity index is 207. The summed E-state index contributed by atoms with van der Waals surface area (Å²) in [6, 6.07) is 0.399. The Labute approximate surface area is 87.6 Å². The third-order valence-electron chi connectivity index (χ3n) is 1.88. The van der Waals surface area contributed by atoms with E-state index in [1.807, 2.05) is 0 Å². The van der Waals surface area contributed by atoms with Crippen molar-refractivity contribution in [2.24, 2.45) is 10.9 Å². The molecule has 0 aromatic rings. The van der Waals surface area contributed by atoms with Gasteiger partial charge < -0.3 is 5.32 Å². The van der Waals surface area contributed by atoms with Gasteiger partial charge in [0.05, 0.1) is 0 Å². The van der Waals surface area contributed by atoms with Gasteiger partial charge in [-0.1, -0.05) is 25.6 Å². The molecule has 5 heteroatoms. The SMILES string of the molecule is CC(C)CC1CSC(=NCC(F)F)N1. The minimum absolute atomic E-state index is 0.385. The summed E-state index contributed by atoms with van der Waals surface area (Å²) in [6.45, 7) is 3.92. The van der Waals surface area contributed by atoms with Gasteiger partial charge in [0.1, 0.15) is 6.54 Å². The Hall–Kier alpha value is -0.320. The highest BCUT2D eigenvalue weighted by Gasteiger charge is 2.20. The van der Waals surface area contributed by atoms with Crippen molar-refractivity contribution < 1.29 is 8.78 Å². The van der Waals surface area contributed by atoms with Crippen molar-refractivity contribution >= 4 is 16.9 Å². The van der Waals surface area contributed by atoms with Gasteiger partial charge in [-0.05, 0) is 12.3 Å². The van der Waals surface area contributed by atoms with Gasteiger partial charge >= 0.3 is 0 Å². The Kier molecular flexibility index (Phi) is 4.65. The molecule has 0 amide bonds. The summed E-state index contributed by atoms with van der Waals surface area (Å²) in [4.78, 5) is 3.80. The van der Waals surface area contributed by atoms with Crippen molar-refractivity contribution in [3.05, 3.63) is 0 Å². The summed E-state index contributed by atoms with van der Waals surface area (Å²) >= 11 is 1.54. The molecule has 0 aliphatic carbocycles. The van der Waals surface area contributed by atoms with Gasteiger partial charge in [0.25, 0.3) is 6.43 Å². The van der Waals surface area contributed by atoms with Crippen LogP contribution in [0.2, 0.25) is 0 Å². The molecule has 1 atom stereocenters. The lowest BCUT2D eigenvalue weighted by Crippen LogP contribution is -2.28. The highest BCUT2D eigenvalue weighted by Crippen LogP contribution is 2.19. The quantitative estimate of drug-likeness (QED) is 0.789. The second-order valence-corrected chi connectivity index (χ2v) is 4.83. The van der Waals surface area contributed by atoms with Gasteiger partial charge in [0, 0.05) is 11.8 Å². The van der Waals surface area contributed by atoms with Gasteiger partial charge in [-0.25, -0.2) is 8.78 Å². The molecule has 0 radical (unpaired) electrons. The standard InChI is InChI=1S/C9H16F2N2S/c1-6(2)3-7-5-14-9(13-7)12-4-8(10)11/h6-8H,3-5H2,1-2H3,(H,12,13). The molecule has 1 saturated heterocycles. The van der Waals surface area contributed by atoms with E-state index in [1.54, 1.807) is 0 Å². The highest BCUT2D eigenvalue weighted by molar-refractivity contribution is 8.14. The summed E-state index contributed by atoms with van der Waals surface area (Å²) < 4.78 is 23.7. The van der Waals surface area contributed by atoms with Crippen LogP contribution in [0.15, 0.2) is 4.99 Å². The van der Waals surface area contributed by atoms with Gasteiger partial charge in [-0.3, -0.25) is 4.99 Å². The lowest BCUT2D eigenvalue weighted by Gasteiger charge is -2.11. The zero-order valence-electron chi connectivity index (χ0n) is 8.46. The fourth-order valence-corrected chi connectivity index (χ4v) is 2.37.